The summed E-state index contributed by atoms with van der Waals surface area (Å²) in [5.41, 5.74) is 6.25. The van der Waals surface area contributed by atoms with Gasteiger partial charge in [0.2, 0.25) is 5.88 Å². The summed E-state index contributed by atoms with van der Waals surface area (Å²) < 4.78 is 5.53. The van der Waals surface area contributed by atoms with Crippen molar-refractivity contribution in [2.45, 2.75) is 52.0 Å². The van der Waals surface area contributed by atoms with Crippen molar-refractivity contribution in [3.05, 3.63) is 18.1 Å². The van der Waals surface area contributed by atoms with E-state index < -0.39 is 0 Å². The highest BCUT2D eigenvalue weighted by Crippen LogP contribution is 2.08. The van der Waals surface area contributed by atoms with Gasteiger partial charge in [-0.15, -0.1) is 0 Å². The first-order valence-corrected chi connectivity index (χ1v) is 6.50. The molecule has 0 saturated carbocycles. The smallest absolute Gasteiger partial charge is 0.232 e. The van der Waals surface area contributed by atoms with Crippen LogP contribution in [0, 0.1) is 0 Å². The van der Waals surface area contributed by atoms with Gasteiger partial charge in [0.15, 0.2) is 0 Å². The first kappa shape index (κ1) is 13.9. The molecule has 4 heteroatoms. The van der Waals surface area contributed by atoms with E-state index in [2.05, 4.69) is 16.9 Å². The molecule has 1 heterocycles. The average molecular weight is 237 g/mol. The van der Waals surface area contributed by atoms with Gasteiger partial charge in [-0.25, -0.2) is 4.98 Å². The van der Waals surface area contributed by atoms with Gasteiger partial charge in [0.25, 0.3) is 0 Å². The second kappa shape index (κ2) is 8.93. The fourth-order valence-corrected chi connectivity index (χ4v) is 1.61. The molecule has 1 rings (SSSR count). The van der Waals surface area contributed by atoms with Gasteiger partial charge in [-0.3, -0.25) is 4.98 Å². The third-order valence-electron chi connectivity index (χ3n) is 2.62. The number of unbranched alkanes of at least 4 members (excludes halogenated alkanes) is 5. The van der Waals surface area contributed by atoms with Gasteiger partial charge in [-0.1, -0.05) is 39.0 Å². The lowest BCUT2D eigenvalue weighted by Gasteiger charge is -2.05. The van der Waals surface area contributed by atoms with Gasteiger partial charge < -0.3 is 10.5 Å². The fraction of sp³-hybridized carbons (Fsp3) is 0.692. The zero-order valence-electron chi connectivity index (χ0n) is 10.7. The molecule has 0 bridgehead atoms. The van der Waals surface area contributed by atoms with Crippen molar-refractivity contribution in [1.29, 1.82) is 0 Å². The molecule has 0 aliphatic rings. The van der Waals surface area contributed by atoms with E-state index in [-0.39, 0.29) is 0 Å². The summed E-state index contributed by atoms with van der Waals surface area (Å²) in [4.78, 5) is 8.26. The lowest BCUT2D eigenvalue weighted by molar-refractivity contribution is 0.291. The maximum Gasteiger partial charge on any atom is 0.232 e. The summed E-state index contributed by atoms with van der Waals surface area (Å²) >= 11 is 0. The molecular weight excluding hydrogens is 214 g/mol. The average Bonchev–Trinajstić information content (AvgIpc) is 2.38. The molecule has 2 N–H and O–H groups in total. The van der Waals surface area contributed by atoms with Crippen LogP contribution in [0.3, 0.4) is 0 Å². The van der Waals surface area contributed by atoms with Gasteiger partial charge in [0.05, 0.1) is 18.5 Å². The normalized spacial score (nSPS) is 10.5. The van der Waals surface area contributed by atoms with Crippen LogP contribution in [0.1, 0.15) is 51.1 Å². The van der Waals surface area contributed by atoms with E-state index in [0.717, 1.165) is 18.7 Å². The molecule has 0 aliphatic heterocycles. The van der Waals surface area contributed by atoms with E-state index in [1.165, 1.54) is 32.1 Å². The van der Waals surface area contributed by atoms with Crippen LogP contribution in [0.2, 0.25) is 0 Å². The van der Waals surface area contributed by atoms with Crippen molar-refractivity contribution in [1.82, 2.24) is 9.97 Å². The number of hydrogen-bond donors (Lipinski definition) is 1. The van der Waals surface area contributed by atoms with E-state index in [9.17, 15) is 0 Å². The molecule has 0 atom stereocenters. The molecule has 0 unspecified atom stereocenters. The molecule has 4 nitrogen and oxygen atoms in total. The lowest BCUT2D eigenvalue weighted by atomic mass is 10.1. The monoisotopic (exact) mass is 237 g/mol. The Hall–Kier alpha value is -1.16. The standard InChI is InChI=1S/C13H23N3O/c1-2-3-4-5-6-7-8-17-13-11-15-10-12(9-14)16-13/h10-11H,2-9,14H2,1H3. The second-order valence-electron chi connectivity index (χ2n) is 4.17. The predicted molar refractivity (Wildman–Crippen MR) is 68.8 cm³/mol. The highest BCUT2D eigenvalue weighted by molar-refractivity contribution is 5.07. The lowest BCUT2D eigenvalue weighted by Crippen LogP contribution is -2.04. The molecule has 0 aromatic carbocycles. The van der Waals surface area contributed by atoms with Gasteiger partial charge in [0.1, 0.15) is 0 Å². The largest absolute Gasteiger partial charge is 0.477 e. The van der Waals surface area contributed by atoms with Crippen molar-refractivity contribution < 1.29 is 4.74 Å². The summed E-state index contributed by atoms with van der Waals surface area (Å²) in [6, 6.07) is 0. The Morgan fingerprint density at radius 1 is 1.12 bits per heavy atom. The number of hydrogen-bond acceptors (Lipinski definition) is 4. The molecule has 96 valence electrons. The molecule has 0 spiro atoms. The Labute approximate surface area is 104 Å². The maximum absolute atomic E-state index is 5.53. The number of rotatable bonds is 9. The molecule has 0 amide bonds. The SMILES string of the molecule is CCCCCCCCOc1cncc(CN)n1. The third kappa shape index (κ3) is 6.22. The van der Waals surface area contributed by atoms with Gasteiger partial charge in [-0.2, -0.15) is 0 Å². The number of ether oxygens (including phenoxy) is 1. The van der Waals surface area contributed by atoms with E-state index in [1.807, 2.05) is 0 Å². The van der Waals surface area contributed by atoms with Crippen LogP contribution >= 0.6 is 0 Å². The van der Waals surface area contributed by atoms with Crippen molar-refractivity contribution >= 4 is 0 Å². The zero-order valence-corrected chi connectivity index (χ0v) is 10.7. The van der Waals surface area contributed by atoms with Gasteiger partial charge >= 0.3 is 0 Å². The molecule has 17 heavy (non-hydrogen) atoms. The third-order valence-corrected chi connectivity index (χ3v) is 2.62. The van der Waals surface area contributed by atoms with E-state index in [0.29, 0.717) is 12.4 Å². The topological polar surface area (TPSA) is 61.0 Å². The summed E-state index contributed by atoms with van der Waals surface area (Å²) in [5.74, 6) is 0.585. The van der Waals surface area contributed by atoms with Crippen molar-refractivity contribution in [3.63, 3.8) is 0 Å². The van der Waals surface area contributed by atoms with Crippen molar-refractivity contribution in [3.8, 4) is 5.88 Å². The quantitative estimate of drug-likeness (QED) is 0.671. The van der Waals surface area contributed by atoms with Crippen LogP contribution in [-0.2, 0) is 6.54 Å². The Kier molecular flexibility index (Phi) is 7.30. The second-order valence-corrected chi connectivity index (χ2v) is 4.17. The minimum atomic E-state index is 0.404. The molecule has 1 aromatic heterocycles. The Morgan fingerprint density at radius 3 is 2.65 bits per heavy atom. The molecule has 0 radical (unpaired) electrons. The summed E-state index contributed by atoms with van der Waals surface area (Å²) in [6.45, 7) is 3.35. The number of nitrogens with two attached hydrogens (primary N) is 1. The van der Waals surface area contributed by atoms with E-state index in [1.54, 1.807) is 12.4 Å². The van der Waals surface area contributed by atoms with Crippen molar-refractivity contribution in [2.24, 2.45) is 5.73 Å². The molecule has 0 aliphatic carbocycles. The van der Waals surface area contributed by atoms with Crippen LogP contribution in [0.25, 0.3) is 0 Å². The van der Waals surface area contributed by atoms with Crippen LogP contribution in [0.4, 0.5) is 0 Å². The van der Waals surface area contributed by atoms with E-state index in [4.69, 9.17) is 10.5 Å². The minimum absolute atomic E-state index is 0.404. The zero-order chi connectivity index (χ0) is 12.3. The highest BCUT2D eigenvalue weighted by atomic mass is 16.5. The molecule has 0 saturated heterocycles. The van der Waals surface area contributed by atoms with Gasteiger partial charge in [-0.05, 0) is 6.42 Å². The molecule has 0 fully saturated rings. The summed E-state index contributed by atoms with van der Waals surface area (Å²) in [7, 11) is 0. The minimum Gasteiger partial charge on any atom is -0.477 e. The first-order valence-electron chi connectivity index (χ1n) is 6.50. The van der Waals surface area contributed by atoms with E-state index >= 15 is 0 Å². The predicted octanol–water partition coefficient (Wildman–Crippen LogP) is 2.67. The van der Waals surface area contributed by atoms with Crippen molar-refractivity contribution in [2.75, 3.05) is 6.61 Å². The van der Waals surface area contributed by atoms with Crippen LogP contribution < -0.4 is 10.5 Å². The van der Waals surface area contributed by atoms with Crippen LogP contribution in [0.15, 0.2) is 12.4 Å². The Bertz CT molecular complexity index is 304. The first-order chi connectivity index (χ1) is 8.36. The Morgan fingerprint density at radius 2 is 1.88 bits per heavy atom. The maximum atomic E-state index is 5.53. The molecule has 1 aromatic rings. The number of nitrogens with zero attached hydrogens (tertiary/aromatic N) is 2. The summed E-state index contributed by atoms with van der Waals surface area (Å²) in [6.07, 6.45) is 10.9. The number of aromatic nitrogens is 2. The van der Waals surface area contributed by atoms with Gasteiger partial charge in [0, 0.05) is 12.7 Å². The van der Waals surface area contributed by atoms with Crippen LogP contribution in [-0.4, -0.2) is 16.6 Å². The van der Waals surface area contributed by atoms with Crippen LogP contribution in [0.5, 0.6) is 5.88 Å². The highest BCUT2D eigenvalue weighted by Gasteiger charge is 1.98. The summed E-state index contributed by atoms with van der Waals surface area (Å²) in [5, 5.41) is 0. The fourth-order valence-electron chi connectivity index (χ4n) is 1.61. The Balaban J connectivity index is 2.09. The molecular formula is C13H23N3O.